The maximum atomic E-state index is 11.7. The number of carbonyl (C=O) groups excluding carboxylic acids is 1. The summed E-state index contributed by atoms with van der Waals surface area (Å²) in [6, 6.07) is 13.4. The van der Waals surface area contributed by atoms with Crippen LogP contribution in [0.5, 0.6) is 5.75 Å². The SMILES string of the molecule is COc1cc(C(C)=O)ccc1NC(C(=O)O)C(C)OCc1ccccc1.Cl. The molecule has 2 rings (SSSR count). The maximum Gasteiger partial charge on any atom is 0.328 e. The van der Waals surface area contributed by atoms with Crippen LogP contribution in [0.2, 0.25) is 0 Å². The van der Waals surface area contributed by atoms with E-state index in [2.05, 4.69) is 5.32 Å². The van der Waals surface area contributed by atoms with Crippen molar-refractivity contribution < 1.29 is 24.2 Å². The minimum Gasteiger partial charge on any atom is -0.495 e. The highest BCUT2D eigenvalue weighted by Gasteiger charge is 2.26. The summed E-state index contributed by atoms with van der Waals surface area (Å²) in [5.41, 5.74) is 1.94. The number of hydrogen-bond acceptors (Lipinski definition) is 5. The van der Waals surface area contributed by atoms with Gasteiger partial charge in [0.2, 0.25) is 0 Å². The smallest absolute Gasteiger partial charge is 0.328 e. The standard InChI is InChI=1S/C20H23NO5.ClH/c1-13(22)16-9-10-17(18(11-16)25-3)21-19(20(23)24)14(2)26-12-15-7-5-4-6-8-15;/h4-11,14,19,21H,12H2,1-3H3,(H,23,24);1H. The van der Waals surface area contributed by atoms with Crippen molar-refractivity contribution in [2.45, 2.75) is 32.6 Å². The second-order valence-electron chi connectivity index (χ2n) is 5.93. The van der Waals surface area contributed by atoms with Crippen molar-refractivity contribution >= 4 is 29.8 Å². The summed E-state index contributed by atoms with van der Waals surface area (Å²) in [6.07, 6.45) is -0.593. The number of nitrogens with one attached hydrogen (secondary N) is 1. The first-order valence-electron chi connectivity index (χ1n) is 8.26. The normalized spacial score (nSPS) is 12.4. The fraction of sp³-hybridized carbons (Fsp3) is 0.300. The first kappa shape index (κ1) is 22.5. The first-order valence-corrected chi connectivity index (χ1v) is 8.26. The number of aliphatic carboxylic acids is 1. The van der Waals surface area contributed by atoms with E-state index < -0.39 is 18.1 Å². The number of ketones is 1. The van der Waals surface area contributed by atoms with E-state index in [4.69, 9.17) is 9.47 Å². The largest absolute Gasteiger partial charge is 0.495 e. The van der Waals surface area contributed by atoms with E-state index in [0.717, 1.165) is 5.56 Å². The lowest BCUT2D eigenvalue weighted by Gasteiger charge is -2.24. The molecule has 0 aliphatic carbocycles. The zero-order chi connectivity index (χ0) is 19.1. The zero-order valence-electron chi connectivity index (χ0n) is 15.5. The third kappa shape index (κ3) is 6.27. The van der Waals surface area contributed by atoms with Gasteiger partial charge in [-0.25, -0.2) is 4.79 Å². The number of halogens is 1. The Morgan fingerprint density at radius 2 is 1.81 bits per heavy atom. The number of methoxy groups -OCH3 is 1. The van der Waals surface area contributed by atoms with Crippen LogP contribution in [0.15, 0.2) is 48.5 Å². The Balaban J connectivity index is 0.00000364. The molecule has 2 N–H and O–H groups in total. The predicted octanol–water partition coefficient (Wildman–Crippen LogP) is 3.79. The summed E-state index contributed by atoms with van der Waals surface area (Å²) >= 11 is 0. The topological polar surface area (TPSA) is 84.9 Å². The van der Waals surface area contributed by atoms with Crippen LogP contribution in [0.25, 0.3) is 0 Å². The molecule has 0 aliphatic rings. The number of carbonyl (C=O) groups is 2. The lowest BCUT2D eigenvalue weighted by atomic mass is 10.1. The third-order valence-electron chi connectivity index (χ3n) is 4.01. The van der Waals surface area contributed by atoms with Gasteiger partial charge >= 0.3 is 5.97 Å². The van der Waals surface area contributed by atoms with Gasteiger partial charge in [-0.05, 0) is 37.6 Å². The molecule has 0 aliphatic heterocycles. The molecule has 0 bridgehead atoms. The van der Waals surface area contributed by atoms with E-state index in [9.17, 15) is 14.7 Å². The lowest BCUT2D eigenvalue weighted by molar-refractivity contribution is -0.141. The number of hydrogen-bond donors (Lipinski definition) is 2. The number of Topliss-reactive ketones (excluding diaryl/α,β-unsaturated/α-hetero) is 1. The summed E-state index contributed by atoms with van der Waals surface area (Å²) in [7, 11) is 1.47. The molecule has 0 fully saturated rings. The van der Waals surface area contributed by atoms with Crippen molar-refractivity contribution in [3.05, 3.63) is 59.7 Å². The van der Waals surface area contributed by atoms with Crippen LogP contribution in [0.4, 0.5) is 5.69 Å². The van der Waals surface area contributed by atoms with E-state index in [1.165, 1.54) is 14.0 Å². The minimum absolute atomic E-state index is 0. The third-order valence-corrected chi connectivity index (χ3v) is 4.01. The van der Waals surface area contributed by atoms with Crippen LogP contribution >= 0.6 is 12.4 Å². The fourth-order valence-corrected chi connectivity index (χ4v) is 2.47. The fourth-order valence-electron chi connectivity index (χ4n) is 2.47. The molecule has 0 saturated carbocycles. The lowest BCUT2D eigenvalue weighted by Crippen LogP contribution is -2.40. The Bertz CT molecular complexity index is 766. The molecule has 6 nitrogen and oxygen atoms in total. The highest BCUT2D eigenvalue weighted by Crippen LogP contribution is 2.27. The van der Waals surface area contributed by atoms with Gasteiger partial charge in [-0.3, -0.25) is 4.79 Å². The van der Waals surface area contributed by atoms with Gasteiger partial charge in [0.05, 0.1) is 25.5 Å². The number of benzene rings is 2. The molecule has 0 spiro atoms. The second kappa shape index (κ2) is 10.5. The number of ether oxygens (including phenoxy) is 2. The highest BCUT2D eigenvalue weighted by atomic mass is 35.5. The van der Waals surface area contributed by atoms with Crippen LogP contribution < -0.4 is 10.1 Å². The number of anilines is 1. The van der Waals surface area contributed by atoms with Gasteiger partial charge in [-0.1, -0.05) is 30.3 Å². The first-order chi connectivity index (χ1) is 12.4. The molecule has 2 unspecified atom stereocenters. The number of rotatable bonds is 9. The quantitative estimate of drug-likeness (QED) is 0.630. The molecule has 0 aromatic heterocycles. The van der Waals surface area contributed by atoms with Crippen molar-refractivity contribution in [3.63, 3.8) is 0 Å². The summed E-state index contributed by atoms with van der Waals surface area (Å²) in [6.45, 7) is 3.47. The summed E-state index contributed by atoms with van der Waals surface area (Å²) < 4.78 is 11.0. The van der Waals surface area contributed by atoms with Gasteiger partial charge in [0, 0.05) is 5.56 Å². The minimum atomic E-state index is -1.04. The van der Waals surface area contributed by atoms with E-state index in [-0.39, 0.29) is 18.2 Å². The van der Waals surface area contributed by atoms with E-state index in [0.29, 0.717) is 23.6 Å². The van der Waals surface area contributed by atoms with E-state index in [1.807, 2.05) is 30.3 Å². The Kier molecular flexibility index (Phi) is 8.78. The molecule has 2 aromatic carbocycles. The van der Waals surface area contributed by atoms with Crippen LogP contribution in [-0.2, 0) is 16.1 Å². The van der Waals surface area contributed by atoms with E-state index in [1.54, 1.807) is 25.1 Å². The average molecular weight is 394 g/mol. The van der Waals surface area contributed by atoms with Crippen molar-refractivity contribution in [1.82, 2.24) is 0 Å². The summed E-state index contributed by atoms with van der Waals surface area (Å²) in [5, 5.41) is 12.5. The van der Waals surface area contributed by atoms with Crippen molar-refractivity contribution in [2.75, 3.05) is 12.4 Å². The Labute approximate surface area is 164 Å². The molecule has 2 aromatic rings. The molecule has 146 valence electrons. The van der Waals surface area contributed by atoms with Gasteiger partial charge in [0.1, 0.15) is 5.75 Å². The molecule has 0 saturated heterocycles. The van der Waals surface area contributed by atoms with Crippen molar-refractivity contribution in [3.8, 4) is 5.75 Å². The monoisotopic (exact) mass is 393 g/mol. The van der Waals surface area contributed by atoms with Gasteiger partial charge < -0.3 is 19.9 Å². The highest BCUT2D eigenvalue weighted by molar-refractivity contribution is 5.95. The summed E-state index contributed by atoms with van der Waals surface area (Å²) in [5.74, 6) is -0.730. The van der Waals surface area contributed by atoms with Crippen LogP contribution in [0.1, 0.15) is 29.8 Å². The van der Waals surface area contributed by atoms with Gasteiger partial charge in [0.15, 0.2) is 11.8 Å². The van der Waals surface area contributed by atoms with Crippen molar-refractivity contribution in [1.29, 1.82) is 0 Å². The molecule has 7 heteroatoms. The average Bonchev–Trinajstić information content (AvgIpc) is 2.64. The summed E-state index contributed by atoms with van der Waals surface area (Å²) in [4.78, 5) is 23.2. The van der Waals surface area contributed by atoms with Crippen LogP contribution in [0.3, 0.4) is 0 Å². The maximum absolute atomic E-state index is 11.7. The predicted molar refractivity (Wildman–Crippen MR) is 106 cm³/mol. The Morgan fingerprint density at radius 1 is 1.15 bits per heavy atom. The molecule has 0 amide bonds. The van der Waals surface area contributed by atoms with E-state index >= 15 is 0 Å². The number of carboxylic acids is 1. The molecule has 27 heavy (non-hydrogen) atoms. The molecular formula is C20H24ClNO5. The molecule has 0 radical (unpaired) electrons. The van der Waals surface area contributed by atoms with Crippen LogP contribution in [-0.4, -0.2) is 36.1 Å². The van der Waals surface area contributed by atoms with Crippen LogP contribution in [0, 0.1) is 0 Å². The molecule has 2 atom stereocenters. The van der Waals surface area contributed by atoms with Crippen molar-refractivity contribution in [2.24, 2.45) is 0 Å². The van der Waals surface area contributed by atoms with Gasteiger partial charge in [-0.2, -0.15) is 0 Å². The number of carboxylic acid groups (broad SMARTS) is 1. The molecular weight excluding hydrogens is 370 g/mol. The second-order valence-corrected chi connectivity index (χ2v) is 5.93. The zero-order valence-corrected chi connectivity index (χ0v) is 16.3. The molecule has 0 heterocycles. The Hall–Kier alpha value is -2.57. The Morgan fingerprint density at radius 3 is 2.37 bits per heavy atom. The van der Waals surface area contributed by atoms with Gasteiger partial charge in [-0.15, -0.1) is 12.4 Å². The van der Waals surface area contributed by atoms with Gasteiger partial charge in [0.25, 0.3) is 0 Å².